The van der Waals surface area contributed by atoms with E-state index in [1.54, 1.807) is 20.8 Å². The van der Waals surface area contributed by atoms with Gasteiger partial charge in [-0.05, 0) is 51.0 Å². The molecule has 0 fully saturated rings. The molecule has 25 heavy (non-hydrogen) atoms. The average Bonchev–Trinajstić information content (AvgIpc) is 2.38. The van der Waals surface area contributed by atoms with Crippen LogP contribution in [0.5, 0.6) is 5.75 Å². The summed E-state index contributed by atoms with van der Waals surface area (Å²) in [5.41, 5.74) is -0.364. The van der Waals surface area contributed by atoms with Crippen molar-refractivity contribution in [3.63, 3.8) is 0 Å². The maximum Gasteiger partial charge on any atom is 0.488 e. The number of hydrogen-bond acceptors (Lipinski definition) is 7. The summed E-state index contributed by atoms with van der Waals surface area (Å²) in [7, 11) is -5.30. The molecule has 0 amide bonds. The summed E-state index contributed by atoms with van der Waals surface area (Å²) in [4.78, 5) is 22.8. The van der Waals surface area contributed by atoms with Crippen LogP contribution in [0.1, 0.15) is 42.3 Å². The van der Waals surface area contributed by atoms with E-state index in [0.717, 1.165) is 6.07 Å². The quantitative estimate of drug-likeness (QED) is 0.544. The van der Waals surface area contributed by atoms with Gasteiger partial charge in [-0.3, -0.25) is 4.79 Å². The first-order valence-corrected chi connectivity index (χ1v) is 8.53. The fourth-order valence-corrected chi connectivity index (χ4v) is 2.31. The van der Waals surface area contributed by atoms with Gasteiger partial charge in [0.25, 0.3) is 0 Å². The molecule has 0 aliphatic carbocycles. The molecule has 2 N–H and O–H groups in total. The fraction of sp³-hybridized carbons (Fsp3) is 0.467. The van der Waals surface area contributed by atoms with Crippen molar-refractivity contribution in [1.82, 2.24) is 5.32 Å². The predicted molar refractivity (Wildman–Crippen MR) is 86.3 cm³/mol. The van der Waals surface area contributed by atoms with Crippen molar-refractivity contribution >= 4 is 22.4 Å². The van der Waals surface area contributed by atoms with Gasteiger partial charge in [-0.1, -0.05) is 3.89 Å². The molecule has 8 nitrogen and oxygen atoms in total. The molecule has 0 aliphatic rings. The molecule has 0 bridgehead atoms. The van der Waals surface area contributed by atoms with Crippen LogP contribution in [0.3, 0.4) is 0 Å². The van der Waals surface area contributed by atoms with E-state index in [2.05, 4.69) is 9.50 Å². The van der Waals surface area contributed by atoms with Crippen LogP contribution in [-0.4, -0.2) is 37.6 Å². The van der Waals surface area contributed by atoms with Crippen molar-refractivity contribution in [2.75, 3.05) is 6.54 Å². The van der Waals surface area contributed by atoms with E-state index in [-0.39, 0.29) is 24.2 Å². The maximum atomic E-state index is 12.8. The number of esters is 1. The summed E-state index contributed by atoms with van der Waals surface area (Å²) >= 11 is 0. The average molecular weight is 377 g/mol. The highest BCUT2D eigenvalue weighted by Gasteiger charge is 2.19. The monoisotopic (exact) mass is 377 g/mol. The van der Waals surface area contributed by atoms with Crippen molar-refractivity contribution < 1.29 is 35.9 Å². The topological polar surface area (TPSA) is 119 Å². The highest BCUT2D eigenvalue weighted by Crippen LogP contribution is 2.26. The largest absolute Gasteiger partial charge is 0.488 e. The minimum Gasteiger partial charge on any atom is -0.478 e. The van der Waals surface area contributed by atoms with Gasteiger partial charge in [0.1, 0.15) is 11.4 Å². The van der Waals surface area contributed by atoms with E-state index < -0.39 is 33.8 Å². The number of rotatable bonds is 7. The summed E-state index contributed by atoms with van der Waals surface area (Å²) < 4.78 is 43.4. The molecule has 10 heteroatoms. The highest BCUT2D eigenvalue weighted by atomic mass is 32.3. The van der Waals surface area contributed by atoms with Gasteiger partial charge < -0.3 is 19.3 Å². The molecule has 0 atom stereocenters. The van der Waals surface area contributed by atoms with Gasteiger partial charge in [0.05, 0.1) is 12.1 Å². The van der Waals surface area contributed by atoms with Crippen molar-refractivity contribution in [1.29, 1.82) is 0 Å². The minimum atomic E-state index is -5.30. The van der Waals surface area contributed by atoms with Crippen molar-refractivity contribution in [2.24, 2.45) is 0 Å². The Morgan fingerprint density at radius 2 is 1.88 bits per heavy atom. The lowest BCUT2D eigenvalue weighted by atomic mass is 10.0. The molecule has 0 radical (unpaired) electrons. The second-order valence-corrected chi connectivity index (χ2v) is 7.18. The number of benzene rings is 1. The number of ether oxygens (including phenoxy) is 1. The third-order valence-corrected chi connectivity index (χ3v) is 3.29. The summed E-state index contributed by atoms with van der Waals surface area (Å²) in [5, 5.41) is 11.8. The number of aromatic carboxylic acids is 1. The van der Waals surface area contributed by atoms with Crippen molar-refractivity contribution in [3.8, 4) is 5.75 Å². The molecular formula is C15H20FNO7S. The van der Waals surface area contributed by atoms with Gasteiger partial charge in [-0.2, -0.15) is 8.42 Å². The Balaban J connectivity index is 2.95. The number of nitrogens with one attached hydrogen (secondary N) is 1. The van der Waals surface area contributed by atoms with Crippen LogP contribution < -0.4 is 9.50 Å². The molecule has 1 aromatic carbocycles. The van der Waals surface area contributed by atoms with Gasteiger partial charge in [0, 0.05) is 6.54 Å². The highest BCUT2D eigenvalue weighted by molar-refractivity contribution is 7.81. The van der Waals surface area contributed by atoms with Crippen LogP contribution in [0.2, 0.25) is 0 Å². The molecule has 0 spiro atoms. The lowest BCUT2D eigenvalue weighted by Crippen LogP contribution is -2.31. The van der Waals surface area contributed by atoms with Gasteiger partial charge in [-0.15, -0.1) is 0 Å². The van der Waals surface area contributed by atoms with Crippen LogP contribution in [0.25, 0.3) is 0 Å². The van der Waals surface area contributed by atoms with Crippen LogP contribution in [0.15, 0.2) is 12.1 Å². The Kier molecular flexibility index (Phi) is 6.49. The van der Waals surface area contributed by atoms with Gasteiger partial charge in [0.2, 0.25) is 0 Å². The zero-order valence-corrected chi connectivity index (χ0v) is 15.1. The van der Waals surface area contributed by atoms with Gasteiger partial charge in [-0.25, -0.2) is 4.79 Å². The maximum absolute atomic E-state index is 12.8. The second-order valence-electron chi connectivity index (χ2n) is 6.23. The number of carbonyl (C=O) groups is 2. The van der Waals surface area contributed by atoms with E-state index in [9.17, 15) is 21.9 Å². The Morgan fingerprint density at radius 1 is 1.28 bits per heavy atom. The standard InChI is InChI=1S/C15H20FNO7S/c1-9-11(7-17-8-13(18)23-15(2,3)4)5-10(14(19)20)6-12(9)24-25(16,21)22/h5-6,17H,7-8H2,1-4H3,(H,19,20). The zero-order chi connectivity index (χ0) is 19.4. The third-order valence-electron chi connectivity index (χ3n) is 2.91. The fourth-order valence-electron chi connectivity index (χ4n) is 1.92. The summed E-state index contributed by atoms with van der Waals surface area (Å²) in [6.07, 6.45) is 0. The zero-order valence-electron chi connectivity index (χ0n) is 14.3. The van der Waals surface area contributed by atoms with E-state index in [1.165, 1.54) is 13.0 Å². The van der Waals surface area contributed by atoms with E-state index >= 15 is 0 Å². The first-order chi connectivity index (χ1) is 11.3. The van der Waals surface area contributed by atoms with Crippen LogP contribution in [0.4, 0.5) is 3.89 Å². The minimum absolute atomic E-state index is 0.0227. The van der Waals surface area contributed by atoms with Gasteiger partial charge in [0.15, 0.2) is 0 Å². The molecule has 1 rings (SSSR count). The molecule has 0 saturated heterocycles. The molecule has 0 heterocycles. The van der Waals surface area contributed by atoms with E-state index in [0.29, 0.717) is 5.56 Å². The number of carbonyl (C=O) groups excluding carboxylic acids is 1. The predicted octanol–water partition coefficient (Wildman–Crippen LogP) is 1.72. The second kappa shape index (κ2) is 7.79. The lowest BCUT2D eigenvalue weighted by Gasteiger charge is -2.19. The number of hydrogen-bond donors (Lipinski definition) is 2. The molecule has 0 aromatic heterocycles. The number of halogens is 1. The Morgan fingerprint density at radius 3 is 2.36 bits per heavy atom. The Labute approximate surface area is 145 Å². The van der Waals surface area contributed by atoms with Crippen LogP contribution >= 0.6 is 0 Å². The Bertz CT molecular complexity index is 769. The molecule has 140 valence electrons. The van der Waals surface area contributed by atoms with E-state index in [4.69, 9.17) is 9.84 Å². The van der Waals surface area contributed by atoms with E-state index in [1.807, 2.05) is 0 Å². The van der Waals surface area contributed by atoms with Crippen molar-refractivity contribution in [3.05, 3.63) is 28.8 Å². The summed E-state index contributed by atoms with van der Waals surface area (Å²) in [6, 6.07) is 2.18. The number of carboxylic acids is 1. The molecular weight excluding hydrogens is 357 g/mol. The van der Waals surface area contributed by atoms with Crippen LogP contribution in [0, 0.1) is 6.92 Å². The molecule has 0 saturated carbocycles. The molecule has 1 aromatic rings. The smallest absolute Gasteiger partial charge is 0.478 e. The molecule has 0 unspecified atom stereocenters. The summed E-state index contributed by atoms with van der Waals surface area (Å²) in [5.74, 6) is -2.28. The first kappa shape index (κ1) is 20.8. The number of carboxylic acid groups (broad SMARTS) is 1. The van der Waals surface area contributed by atoms with Crippen LogP contribution in [-0.2, 0) is 26.6 Å². The first-order valence-electron chi connectivity index (χ1n) is 7.22. The SMILES string of the molecule is Cc1c(CNCC(=O)OC(C)(C)C)cc(C(=O)O)cc1OS(=O)(=O)F. The van der Waals surface area contributed by atoms with Crippen molar-refractivity contribution in [2.45, 2.75) is 39.8 Å². The van der Waals surface area contributed by atoms with Gasteiger partial charge >= 0.3 is 22.4 Å². The lowest BCUT2D eigenvalue weighted by molar-refractivity contribution is -0.153. The molecule has 0 aliphatic heterocycles. The third kappa shape index (κ3) is 7.48. The Hall–Kier alpha value is -2.20. The normalized spacial score (nSPS) is 11.9. The summed E-state index contributed by atoms with van der Waals surface area (Å²) in [6.45, 7) is 6.46.